The standard InChI is InChI=1S/C11H8F4N2S/c12-8-3-1-2-4-9(8)17-10(11(13,14)15)7(6-18)5-16-17/h1-5,18H,6H2. The predicted molar refractivity (Wildman–Crippen MR) is 61.2 cm³/mol. The molecule has 0 spiro atoms. The van der Waals surface area contributed by atoms with Crippen LogP contribution in [0.25, 0.3) is 5.69 Å². The first-order chi connectivity index (χ1) is 8.45. The van der Waals surface area contributed by atoms with Gasteiger partial charge in [-0.3, -0.25) is 0 Å². The van der Waals surface area contributed by atoms with Gasteiger partial charge in [0.05, 0.1) is 6.20 Å². The topological polar surface area (TPSA) is 17.8 Å². The number of hydrogen-bond donors (Lipinski definition) is 1. The van der Waals surface area contributed by atoms with Gasteiger partial charge >= 0.3 is 6.18 Å². The molecule has 0 aliphatic heterocycles. The molecule has 18 heavy (non-hydrogen) atoms. The lowest BCUT2D eigenvalue weighted by molar-refractivity contribution is -0.143. The highest BCUT2D eigenvalue weighted by atomic mass is 32.1. The zero-order valence-electron chi connectivity index (χ0n) is 8.95. The van der Waals surface area contributed by atoms with Gasteiger partial charge in [0.15, 0.2) is 5.69 Å². The van der Waals surface area contributed by atoms with Crippen LogP contribution in [0.3, 0.4) is 0 Å². The number of thiol groups is 1. The van der Waals surface area contributed by atoms with Crippen LogP contribution < -0.4 is 0 Å². The molecule has 0 atom stereocenters. The molecule has 0 amide bonds. The minimum Gasteiger partial charge on any atom is -0.225 e. The van der Waals surface area contributed by atoms with Crippen molar-refractivity contribution in [2.45, 2.75) is 11.9 Å². The Balaban J connectivity index is 2.66. The summed E-state index contributed by atoms with van der Waals surface area (Å²) in [6, 6.07) is 5.16. The van der Waals surface area contributed by atoms with Crippen molar-refractivity contribution in [1.82, 2.24) is 9.78 Å². The van der Waals surface area contributed by atoms with Crippen molar-refractivity contribution in [3.05, 3.63) is 47.5 Å². The van der Waals surface area contributed by atoms with Crippen molar-refractivity contribution in [3.8, 4) is 5.69 Å². The molecule has 0 aliphatic rings. The fraction of sp³-hybridized carbons (Fsp3) is 0.182. The Labute approximate surface area is 106 Å². The van der Waals surface area contributed by atoms with Gasteiger partial charge in [-0.2, -0.15) is 30.9 Å². The van der Waals surface area contributed by atoms with Crippen molar-refractivity contribution >= 4 is 12.6 Å². The Kier molecular flexibility index (Phi) is 3.34. The predicted octanol–water partition coefficient (Wildman–Crippen LogP) is 3.46. The van der Waals surface area contributed by atoms with Gasteiger partial charge in [0.1, 0.15) is 11.5 Å². The van der Waals surface area contributed by atoms with E-state index in [1.165, 1.54) is 18.2 Å². The molecular formula is C11H8F4N2S. The van der Waals surface area contributed by atoms with Crippen LogP contribution in [0.15, 0.2) is 30.5 Å². The maximum Gasteiger partial charge on any atom is 0.433 e. The van der Waals surface area contributed by atoms with E-state index < -0.39 is 17.7 Å². The molecule has 1 heterocycles. The summed E-state index contributed by atoms with van der Waals surface area (Å²) in [5.74, 6) is -0.889. The second-order valence-corrected chi connectivity index (χ2v) is 3.85. The van der Waals surface area contributed by atoms with Crippen LogP contribution in [0, 0.1) is 5.82 Å². The second-order valence-electron chi connectivity index (χ2n) is 3.54. The molecule has 0 saturated carbocycles. The average Bonchev–Trinajstić information content (AvgIpc) is 2.73. The van der Waals surface area contributed by atoms with Crippen molar-refractivity contribution in [2.75, 3.05) is 0 Å². The Morgan fingerprint density at radius 1 is 1.22 bits per heavy atom. The summed E-state index contributed by atoms with van der Waals surface area (Å²) in [5.41, 5.74) is -1.32. The first kappa shape index (κ1) is 12.9. The molecular weight excluding hydrogens is 268 g/mol. The first-order valence-corrected chi connectivity index (χ1v) is 5.58. The summed E-state index contributed by atoms with van der Waals surface area (Å²) in [4.78, 5) is 0. The van der Waals surface area contributed by atoms with Gasteiger partial charge in [-0.05, 0) is 12.1 Å². The monoisotopic (exact) mass is 276 g/mol. The number of halogens is 4. The van der Waals surface area contributed by atoms with Gasteiger partial charge in [0.25, 0.3) is 0 Å². The maximum atomic E-state index is 13.5. The average molecular weight is 276 g/mol. The van der Waals surface area contributed by atoms with E-state index in [9.17, 15) is 17.6 Å². The van der Waals surface area contributed by atoms with E-state index in [1.807, 2.05) is 0 Å². The van der Waals surface area contributed by atoms with Gasteiger partial charge in [-0.25, -0.2) is 9.07 Å². The van der Waals surface area contributed by atoms with Crippen molar-refractivity contribution in [2.24, 2.45) is 0 Å². The van der Waals surface area contributed by atoms with E-state index >= 15 is 0 Å². The minimum atomic E-state index is -4.61. The molecule has 1 aromatic carbocycles. The Morgan fingerprint density at radius 2 is 1.89 bits per heavy atom. The van der Waals surface area contributed by atoms with E-state index in [-0.39, 0.29) is 17.0 Å². The number of benzene rings is 1. The second kappa shape index (κ2) is 4.64. The molecule has 0 aliphatic carbocycles. The largest absolute Gasteiger partial charge is 0.433 e. The third kappa shape index (κ3) is 2.22. The number of para-hydroxylation sites is 1. The smallest absolute Gasteiger partial charge is 0.225 e. The molecule has 7 heteroatoms. The SMILES string of the molecule is Fc1ccccc1-n1ncc(CS)c1C(F)(F)F. The van der Waals surface area contributed by atoms with Crippen LogP contribution in [0.5, 0.6) is 0 Å². The highest BCUT2D eigenvalue weighted by Gasteiger charge is 2.38. The van der Waals surface area contributed by atoms with Crippen molar-refractivity contribution < 1.29 is 17.6 Å². The fourth-order valence-corrected chi connectivity index (χ4v) is 1.84. The number of aromatic nitrogens is 2. The number of rotatable bonds is 2. The first-order valence-electron chi connectivity index (χ1n) is 4.95. The molecule has 2 aromatic rings. The third-order valence-electron chi connectivity index (χ3n) is 2.36. The number of nitrogens with zero attached hydrogens (tertiary/aromatic N) is 2. The summed E-state index contributed by atoms with van der Waals surface area (Å²) in [6.45, 7) is 0. The normalized spacial score (nSPS) is 11.8. The fourth-order valence-electron chi connectivity index (χ4n) is 1.61. The molecule has 0 unspecified atom stereocenters. The molecule has 0 bridgehead atoms. The zero-order chi connectivity index (χ0) is 13.3. The summed E-state index contributed by atoms with van der Waals surface area (Å²) in [7, 11) is 0. The van der Waals surface area contributed by atoms with Gasteiger partial charge in [0.2, 0.25) is 0 Å². The Bertz CT molecular complexity index is 562. The number of alkyl halides is 3. The Morgan fingerprint density at radius 3 is 2.44 bits per heavy atom. The lowest BCUT2D eigenvalue weighted by Gasteiger charge is -2.12. The van der Waals surface area contributed by atoms with Crippen LogP contribution >= 0.6 is 12.6 Å². The van der Waals surface area contributed by atoms with Gasteiger partial charge < -0.3 is 0 Å². The molecule has 0 saturated heterocycles. The van der Waals surface area contributed by atoms with E-state index in [2.05, 4.69) is 17.7 Å². The van der Waals surface area contributed by atoms with Crippen LogP contribution in [0.1, 0.15) is 11.3 Å². The van der Waals surface area contributed by atoms with Gasteiger partial charge in [-0.1, -0.05) is 12.1 Å². The van der Waals surface area contributed by atoms with Crippen molar-refractivity contribution in [1.29, 1.82) is 0 Å². The molecule has 0 N–H and O–H groups in total. The van der Waals surface area contributed by atoms with Crippen LogP contribution in [-0.4, -0.2) is 9.78 Å². The van der Waals surface area contributed by atoms with Crippen LogP contribution in [0.2, 0.25) is 0 Å². The summed E-state index contributed by atoms with van der Waals surface area (Å²) in [6.07, 6.45) is -3.57. The van der Waals surface area contributed by atoms with E-state index in [1.54, 1.807) is 0 Å². The molecule has 2 nitrogen and oxygen atoms in total. The minimum absolute atomic E-state index is 0.0888. The van der Waals surface area contributed by atoms with Gasteiger partial charge in [0, 0.05) is 11.3 Å². The molecule has 0 fully saturated rings. The van der Waals surface area contributed by atoms with Crippen LogP contribution in [0.4, 0.5) is 17.6 Å². The Hall–Kier alpha value is -1.50. The number of hydrogen-bond acceptors (Lipinski definition) is 2. The zero-order valence-corrected chi connectivity index (χ0v) is 9.84. The van der Waals surface area contributed by atoms with E-state index in [0.29, 0.717) is 4.68 Å². The highest BCUT2D eigenvalue weighted by molar-refractivity contribution is 7.79. The third-order valence-corrected chi connectivity index (χ3v) is 2.71. The lowest BCUT2D eigenvalue weighted by Crippen LogP contribution is -2.16. The molecule has 1 aromatic heterocycles. The van der Waals surface area contributed by atoms with E-state index in [4.69, 9.17) is 0 Å². The molecule has 96 valence electrons. The molecule has 0 radical (unpaired) electrons. The summed E-state index contributed by atoms with van der Waals surface area (Å²) >= 11 is 3.82. The van der Waals surface area contributed by atoms with E-state index in [0.717, 1.165) is 12.3 Å². The van der Waals surface area contributed by atoms with Crippen LogP contribution in [-0.2, 0) is 11.9 Å². The lowest BCUT2D eigenvalue weighted by atomic mass is 10.2. The summed E-state index contributed by atoms with van der Waals surface area (Å²) < 4.78 is 52.9. The van der Waals surface area contributed by atoms with Gasteiger partial charge in [-0.15, -0.1) is 0 Å². The molecule has 2 rings (SSSR count). The summed E-state index contributed by atoms with van der Waals surface area (Å²) in [5, 5.41) is 3.59. The van der Waals surface area contributed by atoms with Crippen molar-refractivity contribution in [3.63, 3.8) is 0 Å². The highest BCUT2D eigenvalue weighted by Crippen LogP contribution is 2.34. The quantitative estimate of drug-likeness (QED) is 0.657. The maximum absolute atomic E-state index is 13.5.